The molecule has 1 aromatic heterocycles. The molecule has 0 unspecified atom stereocenters. The van der Waals surface area contributed by atoms with E-state index in [1.165, 1.54) is 0 Å². The third-order valence-corrected chi connectivity index (χ3v) is 3.60. The Morgan fingerprint density at radius 2 is 1.73 bits per heavy atom. The van der Waals surface area contributed by atoms with Crippen LogP contribution in [0.25, 0.3) is 11.0 Å². The van der Waals surface area contributed by atoms with Gasteiger partial charge in [0.25, 0.3) is 0 Å². The van der Waals surface area contributed by atoms with Crippen LogP contribution in [0.5, 0.6) is 0 Å². The van der Waals surface area contributed by atoms with E-state index in [9.17, 15) is 9.90 Å². The first-order chi connectivity index (χ1) is 10.5. The van der Waals surface area contributed by atoms with Gasteiger partial charge in [0.05, 0.1) is 17.6 Å². The van der Waals surface area contributed by atoms with Crippen molar-refractivity contribution in [1.29, 1.82) is 0 Å². The summed E-state index contributed by atoms with van der Waals surface area (Å²) in [6, 6.07) is 16.8. The summed E-state index contributed by atoms with van der Waals surface area (Å²) >= 11 is 0. The first-order valence-electron chi connectivity index (χ1n) is 7.23. The summed E-state index contributed by atoms with van der Waals surface area (Å²) in [5.41, 5.74) is 1.17. The van der Waals surface area contributed by atoms with Crippen molar-refractivity contribution in [3.8, 4) is 0 Å². The van der Waals surface area contributed by atoms with Gasteiger partial charge in [0.1, 0.15) is 11.4 Å². The Kier molecular flexibility index (Phi) is 3.54. The molecule has 0 saturated heterocycles. The van der Waals surface area contributed by atoms with Crippen LogP contribution in [0, 0.1) is 0 Å². The number of hydrogen-bond acceptors (Lipinski definition) is 3. The van der Waals surface area contributed by atoms with Crippen LogP contribution in [0.2, 0.25) is 0 Å². The number of carbonyl (C=O) groups is 1. The standard InChI is InChI=1S/C18H18N2O2/c1-18(2,22)17-19-14-10-6-7-11-15(14)20(17)12-16(21)13-8-4-3-5-9-13/h3-11,22H,12H2,1-2H3. The number of para-hydroxylation sites is 2. The van der Waals surface area contributed by atoms with Gasteiger partial charge in [0.15, 0.2) is 5.78 Å². The lowest BCUT2D eigenvalue weighted by Crippen LogP contribution is -2.24. The quantitative estimate of drug-likeness (QED) is 0.752. The van der Waals surface area contributed by atoms with Crippen LogP contribution < -0.4 is 0 Å². The zero-order chi connectivity index (χ0) is 15.7. The second-order valence-electron chi connectivity index (χ2n) is 5.86. The number of aliphatic hydroxyl groups is 1. The van der Waals surface area contributed by atoms with Gasteiger partial charge < -0.3 is 9.67 Å². The number of rotatable bonds is 4. The summed E-state index contributed by atoms with van der Waals surface area (Å²) in [6.07, 6.45) is 0. The molecule has 0 atom stereocenters. The molecule has 112 valence electrons. The molecule has 0 radical (unpaired) electrons. The fraction of sp³-hybridized carbons (Fsp3) is 0.222. The van der Waals surface area contributed by atoms with Crippen LogP contribution >= 0.6 is 0 Å². The van der Waals surface area contributed by atoms with Crippen LogP contribution in [0.15, 0.2) is 54.6 Å². The average Bonchev–Trinajstić information content (AvgIpc) is 2.87. The number of hydrogen-bond donors (Lipinski definition) is 1. The van der Waals surface area contributed by atoms with E-state index in [0.29, 0.717) is 11.4 Å². The fourth-order valence-corrected chi connectivity index (χ4v) is 2.56. The van der Waals surface area contributed by atoms with Crippen LogP contribution in [-0.4, -0.2) is 20.4 Å². The predicted molar refractivity (Wildman–Crippen MR) is 85.8 cm³/mol. The van der Waals surface area contributed by atoms with Crippen LogP contribution in [0.3, 0.4) is 0 Å². The molecule has 1 heterocycles. The molecule has 3 aromatic rings. The molecular formula is C18H18N2O2. The molecule has 4 heteroatoms. The van der Waals surface area contributed by atoms with Gasteiger partial charge in [-0.1, -0.05) is 42.5 Å². The minimum Gasteiger partial charge on any atom is -0.383 e. The highest BCUT2D eigenvalue weighted by molar-refractivity contribution is 5.96. The smallest absolute Gasteiger partial charge is 0.182 e. The van der Waals surface area contributed by atoms with Gasteiger partial charge in [-0.3, -0.25) is 4.79 Å². The topological polar surface area (TPSA) is 55.1 Å². The molecule has 3 rings (SSSR count). The van der Waals surface area contributed by atoms with Crippen molar-refractivity contribution in [1.82, 2.24) is 9.55 Å². The molecule has 0 fully saturated rings. The Balaban J connectivity index is 2.07. The van der Waals surface area contributed by atoms with Crippen molar-refractivity contribution in [2.75, 3.05) is 0 Å². The van der Waals surface area contributed by atoms with Crippen molar-refractivity contribution >= 4 is 16.8 Å². The summed E-state index contributed by atoms with van der Waals surface area (Å²) in [5, 5.41) is 10.4. The highest BCUT2D eigenvalue weighted by Gasteiger charge is 2.25. The Labute approximate surface area is 129 Å². The summed E-state index contributed by atoms with van der Waals surface area (Å²) in [6.45, 7) is 3.51. The van der Waals surface area contributed by atoms with Gasteiger partial charge in [-0.25, -0.2) is 4.98 Å². The molecule has 0 amide bonds. The molecule has 0 aliphatic heterocycles. The molecule has 0 aliphatic carbocycles. The molecule has 0 saturated carbocycles. The molecule has 1 N–H and O–H groups in total. The summed E-state index contributed by atoms with van der Waals surface area (Å²) < 4.78 is 1.80. The van der Waals surface area contributed by atoms with Crippen molar-refractivity contribution in [2.24, 2.45) is 0 Å². The van der Waals surface area contributed by atoms with E-state index in [0.717, 1.165) is 11.0 Å². The van der Waals surface area contributed by atoms with Crippen molar-refractivity contribution < 1.29 is 9.90 Å². The van der Waals surface area contributed by atoms with Crippen LogP contribution in [-0.2, 0) is 12.1 Å². The second kappa shape index (κ2) is 5.39. The van der Waals surface area contributed by atoms with Crippen LogP contribution in [0.4, 0.5) is 0 Å². The Bertz CT molecular complexity index is 814. The molecule has 0 spiro atoms. The van der Waals surface area contributed by atoms with E-state index in [1.807, 2.05) is 42.5 Å². The first kappa shape index (κ1) is 14.5. The van der Waals surface area contributed by atoms with Crippen molar-refractivity contribution in [3.63, 3.8) is 0 Å². The molecular weight excluding hydrogens is 276 g/mol. The van der Waals surface area contributed by atoms with E-state index in [2.05, 4.69) is 4.98 Å². The number of imidazole rings is 1. The van der Waals surface area contributed by atoms with Gasteiger partial charge in [-0.05, 0) is 26.0 Å². The predicted octanol–water partition coefficient (Wildman–Crippen LogP) is 3.15. The zero-order valence-electron chi connectivity index (χ0n) is 12.7. The van der Waals surface area contributed by atoms with Gasteiger partial charge in [-0.2, -0.15) is 0 Å². The fourth-order valence-electron chi connectivity index (χ4n) is 2.56. The van der Waals surface area contributed by atoms with Crippen LogP contribution in [0.1, 0.15) is 30.0 Å². The Hall–Kier alpha value is -2.46. The Morgan fingerprint density at radius 3 is 2.41 bits per heavy atom. The highest BCUT2D eigenvalue weighted by Crippen LogP contribution is 2.25. The number of fused-ring (bicyclic) bond motifs is 1. The number of carbonyl (C=O) groups excluding carboxylic acids is 1. The van der Waals surface area contributed by atoms with E-state index in [1.54, 1.807) is 30.5 Å². The maximum atomic E-state index is 12.5. The maximum Gasteiger partial charge on any atom is 0.182 e. The molecule has 22 heavy (non-hydrogen) atoms. The number of benzene rings is 2. The summed E-state index contributed by atoms with van der Waals surface area (Å²) in [4.78, 5) is 17.0. The normalized spacial score (nSPS) is 11.8. The van der Waals surface area contributed by atoms with Gasteiger partial charge in [-0.15, -0.1) is 0 Å². The van der Waals surface area contributed by atoms with Gasteiger partial charge in [0.2, 0.25) is 0 Å². The molecule has 4 nitrogen and oxygen atoms in total. The SMILES string of the molecule is CC(C)(O)c1nc2ccccc2n1CC(=O)c1ccccc1. The second-order valence-corrected chi connectivity index (χ2v) is 5.86. The van der Waals surface area contributed by atoms with Crippen molar-refractivity contribution in [2.45, 2.75) is 26.0 Å². The monoisotopic (exact) mass is 294 g/mol. The molecule has 2 aromatic carbocycles. The van der Waals surface area contributed by atoms with E-state index >= 15 is 0 Å². The van der Waals surface area contributed by atoms with Gasteiger partial charge in [0, 0.05) is 5.56 Å². The lowest BCUT2D eigenvalue weighted by Gasteiger charge is -2.18. The average molecular weight is 294 g/mol. The third-order valence-electron chi connectivity index (χ3n) is 3.60. The van der Waals surface area contributed by atoms with E-state index < -0.39 is 5.60 Å². The minimum absolute atomic E-state index is 0.00532. The minimum atomic E-state index is -1.12. The zero-order valence-corrected chi connectivity index (χ0v) is 12.7. The van der Waals surface area contributed by atoms with E-state index in [-0.39, 0.29) is 12.3 Å². The number of nitrogens with zero attached hydrogens (tertiary/aromatic N) is 2. The van der Waals surface area contributed by atoms with Crippen molar-refractivity contribution in [3.05, 3.63) is 66.0 Å². The summed E-state index contributed by atoms with van der Waals surface area (Å²) in [5.74, 6) is 0.493. The number of ketones is 1. The molecule has 0 bridgehead atoms. The number of Topliss-reactive ketones (excluding diaryl/α,β-unsaturated/α-hetero) is 1. The summed E-state index contributed by atoms with van der Waals surface area (Å²) in [7, 11) is 0. The highest BCUT2D eigenvalue weighted by atomic mass is 16.3. The largest absolute Gasteiger partial charge is 0.383 e. The first-order valence-corrected chi connectivity index (χ1v) is 7.23. The molecule has 0 aliphatic rings. The number of aromatic nitrogens is 2. The van der Waals surface area contributed by atoms with E-state index in [4.69, 9.17) is 0 Å². The lowest BCUT2D eigenvalue weighted by atomic mass is 10.1. The Morgan fingerprint density at radius 1 is 1.09 bits per heavy atom. The maximum absolute atomic E-state index is 12.5. The van der Waals surface area contributed by atoms with Gasteiger partial charge >= 0.3 is 0 Å². The lowest BCUT2D eigenvalue weighted by molar-refractivity contribution is 0.0646. The third kappa shape index (κ3) is 2.65.